The fraction of sp³-hybridized carbons (Fsp3) is 0.857. The van der Waals surface area contributed by atoms with Gasteiger partial charge in [0.2, 0.25) is 0 Å². The van der Waals surface area contributed by atoms with E-state index < -0.39 is 29.9 Å². The Kier molecular flexibility index (Phi) is 4.42. The number of carbonyl (C=O) groups is 2. The molecule has 5 atom stereocenters. The summed E-state index contributed by atoms with van der Waals surface area (Å²) in [5.74, 6) is -2.03. The van der Waals surface area contributed by atoms with E-state index in [1.54, 1.807) is 0 Å². The minimum atomic E-state index is -0.639. The van der Waals surface area contributed by atoms with E-state index in [0.29, 0.717) is 26.1 Å². The van der Waals surface area contributed by atoms with E-state index in [1.165, 1.54) is 0 Å². The third kappa shape index (κ3) is 4.15. The van der Waals surface area contributed by atoms with Crippen molar-refractivity contribution in [1.29, 1.82) is 0 Å². The summed E-state index contributed by atoms with van der Waals surface area (Å²) in [6.45, 7) is 1.66. The van der Waals surface area contributed by atoms with Gasteiger partial charge in [0.05, 0.1) is 31.2 Å². The molecule has 118 valence electrons. The third-order valence-electron chi connectivity index (χ3n) is 4.06. The van der Waals surface area contributed by atoms with Crippen LogP contribution in [0, 0.1) is 11.8 Å². The summed E-state index contributed by atoms with van der Waals surface area (Å²) in [7, 11) is 0. The fourth-order valence-corrected chi connectivity index (χ4v) is 2.58. The summed E-state index contributed by atoms with van der Waals surface area (Å²) in [5.41, 5.74) is 0. The van der Waals surface area contributed by atoms with E-state index in [4.69, 9.17) is 18.9 Å². The number of esters is 2. The predicted molar refractivity (Wildman–Crippen MR) is 68.2 cm³/mol. The number of carbonyl (C=O) groups excluding carboxylic acids is 2. The first-order chi connectivity index (χ1) is 10.1. The SMILES string of the molecule is O=C(OCC1CO1)C1CCC(O)CC1C(=O)OCC1CO1. The molecule has 3 rings (SSSR count). The molecule has 0 aromatic rings. The third-order valence-corrected chi connectivity index (χ3v) is 4.06. The van der Waals surface area contributed by atoms with Crippen molar-refractivity contribution >= 4 is 11.9 Å². The number of epoxide rings is 2. The van der Waals surface area contributed by atoms with E-state index >= 15 is 0 Å². The smallest absolute Gasteiger partial charge is 0.310 e. The van der Waals surface area contributed by atoms with E-state index in [-0.39, 0.29) is 31.8 Å². The van der Waals surface area contributed by atoms with Gasteiger partial charge < -0.3 is 24.1 Å². The van der Waals surface area contributed by atoms with E-state index in [2.05, 4.69) is 0 Å². The number of rotatable bonds is 6. The minimum Gasteiger partial charge on any atom is -0.463 e. The maximum atomic E-state index is 12.1. The van der Waals surface area contributed by atoms with Crippen LogP contribution in [0.1, 0.15) is 19.3 Å². The molecular formula is C14H20O7. The zero-order chi connectivity index (χ0) is 14.8. The summed E-state index contributed by atoms with van der Waals surface area (Å²) in [6.07, 6.45) is 0.584. The van der Waals surface area contributed by atoms with Crippen molar-refractivity contribution < 1.29 is 33.6 Å². The molecule has 2 aliphatic heterocycles. The van der Waals surface area contributed by atoms with Crippen molar-refractivity contribution in [3.8, 4) is 0 Å². The summed E-state index contributed by atoms with van der Waals surface area (Å²) >= 11 is 0. The number of aliphatic hydroxyl groups excluding tert-OH is 1. The monoisotopic (exact) mass is 300 g/mol. The number of hydrogen-bond donors (Lipinski definition) is 1. The minimum absolute atomic E-state index is 0.000507. The summed E-state index contributed by atoms with van der Waals surface area (Å²) < 4.78 is 20.3. The second-order valence-electron chi connectivity index (χ2n) is 5.85. The lowest BCUT2D eigenvalue weighted by atomic mass is 9.78. The quantitative estimate of drug-likeness (QED) is 0.528. The first kappa shape index (κ1) is 14.7. The van der Waals surface area contributed by atoms with Crippen LogP contribution in [0.3, 0.4) is 0 Å². The van der Waals surface area contributed by atoms with Crippen molar-refractivity contribution in [1.82, 2.24) is 0 Å². The molecule has 2 saturated heterocycles. The van der Waals surface area contributed by atoms with Gasteiger partial charge in [0.25, 0.3) is 0 Å². The van der Waals surface area contributed by atoms with E-state index in [1.807, 2.05) is 0 Å². The molecule has 0 amide bonds. The molecule has 3 aliphatic rings. The largest absolute Gasteiger partial charge is 0.463 e. The molecule has 1 aliphatic carbocycles. The molecule has 3 fully saturated rings. The van der Waals surface area contributed by atoms with Crippen LogP contribution in [0.15, 0.2) is 0 Å². The average molecular weight is 300 g/mol. The first-order valence-corrected chi connectivity index (χ1v) is 7.38. The van der Waals surface area contributed by atoms with Crippen molar-refractivity contribution in [2.45, 2.75) is 37.6 Å². The molecule has 0 radical (unpaired) electrons. The van der Waals surface area contributed by atoms with Crippen LogP contribution in [0.5, 0.6) is 0 Å². The Hall–Kier alpha value is -1.18. The normalized spacial score (nSPS) is 37.7. The molecule has 2 heterocycles. The van der Waals surface area contributed by atoms with Crippen molar-refractivity contribution in [2.24, 2.45) is 11.8 Å². The summed E-state index contributed by atoms with van der Waals surface area (Å²) in [4.78, 5) is 24.2. The average Bonchev–Trinajstić information content (AvgIpc) is 3.36. The van der Waals surface area contributed by atoms with Gasteiger partial charge in [0, 0.05) is 0 Å². The lowest BCUT2D eigenvalue weighted by Crippen LogP contribution is -2.39. The van der Waals surface area contributed by atoms with Crippen molar-refractivity contribution in [2.75, 3.05) is 26.4 Å². The Morgan fingerprint density at radius 2 is 1.48 bits per heavy atom. The standard InChI is InChI=1S/C14H20O7/c15-8-1-2-11(13(16)20-6-9-4-18-9)12(3-8)14(17)21-7-10-5-19-10/h8-12,15H,1-7H2. The topological polar surface area (TPSA) is 97.9 Å². The van der Waals surface area contributed by atoms with Gasteiger partial charge in [-0.2, -0.15) is 0 Å². The Labute approximate surface area is 122 Å². The maximum Gasteiger partial charge on any atom is 0.310 e. The first-order valence-electron chi connectivity index (χ1n) is 7.38. The van der Waals surface area contributed by atoms with Crippen LogP contribution in [-0.4, -0.2) is 61.8 Å². The Bertz CT molecular complexity index is 402. The van der Waals surface area contributed by atoms with Gasteiger partial charge in [0.1, 0.15) is 25.4 Å². The van der Waals surface area contributed by atoms with Gasteiger partial charge in [-0.3, -0.25) is 9.59 Å². The molecule has 0 bridgehead atoms. The second kappa shape index (κ2) is 6.29. The zero-order valence-corrected chi connectivity index (χ0v) is 11.7. The lowest BCUT2D eigenvalue weighted by Gasteiger charge is -2.31. The molecule has 21 heavy (non-hydrogen) atoms. The van der Waals surface area contributed by atoms with Crippen LogP contribution in [0.4, 0.5) is 0 Å². The molecule has 1 saturated carbocycles. The molecule has 0 aromatic carbocycles. The van der Waals surface area contributed by atoms with Crippen molar-refractivity contribution in [3.63, 3.8) is 0 Å². The van der Waals surface area contributed by atoms with Gasteiger partial charge in [-0.1, -0.05) is 0 Å². The van der Waals surface area contributed by atoms with Crippen LogP contribution >= 0.6 is 0 Å². The second-order valence-corrected chi connectivity index (χ2v) is 5.85. The van der Waals surface area contributed by atoms with Gasteiger partial charge in [-0.15, -0.1) is 0 Å². The van der Waals surface area contributed by atoms with Gasteiger partial charge in [-0.25, -0.2) is 0 Å². The van der Waals surface area contributed by atoms with Crippen LogP contribution < -0.4 is 0 Å². The lowest BCUT2D eigenvalue weighted by molar-refractivity contribution is -0.165. The molecule has 0 spiro atoms. The number of aliphatic hydroxyl groups is 1. The highest BCUT2D eigenvalue weighted by molar-refractivity contribution is 5.82. The number of hydrogen-bond acceptors (Lipinski definition) is 7. The van der Waals surface area contributed by atoms with Gasteiger partial charge in [0.15, 0.2) is 0 Å². The molecule has 1 N–H and O–H groups in total. The highest BCUT2D eigenvalue weighted by Crippen LogP contribution is 2.33. The zero-order valence-electron chi connectivity index (χ0n) is 11.7. The highest BCUT2D eigenvalue weighted by atomic mass is 16.6. The Morgan fingerprint density at radius 1 is 0.952 bits per heavy atom. The van der Waals surface area contributed by atoms with Crippen LogP contribution in [0.25, 0.3) is 0 Å². The summed E-state index contributed by atoms with van der Waals surface area (Å²) in [6, 6.07) is 0. The fourth-order valence-electron chi connectivity index (χ4n) is 2.58. The van der Waals surface area contributed by atoms with Gasteiger partial charge in [-0.05, 0) is 19.3 Å². The van der Waals surface area contributed by atoms with Crippen molar-refractivity contribution in [3.05, 3.63) is 0 Å². The molecular weight excluding hydrogens is 280 g/mol. The summed E-state index contributed by atoms with van der Waals surface area (Å²) in [5, 5.41) is 9.74. The Balaban J connectivity index is 1.54. The highest BCUT2D eigenvalue weighted by Gasteiger charge is 2.42. The number of ether oxygens (including phenoxy) is 4. The Morgan fingerprint density at radius 3 is 2.00 bits per heavy atom. The molecule has 7 heteroatoms. The van der Waals surface area contributed by atoms with E-state index in [9.17, 15) is 14.7 Å². The van der Waals surface area contributed by atoms with Gasteiger partial charge >= 0.3 is 11.9 Å². The predicted octanol–water partition coefficient (Wildman–Crippen LogP) is -0.352. The van der Waals surface area contributed by atoms with Crippen LogP contribution in [-0.2, 0) is 28.5 Å². The maximum absolute atomic E-state index is 12.1. The van der Waals surface area contributed by atoms with Crippen LogP contribution in [0.2, 0.25) is 0 Å². The molecule has 7 nitrogen and oxygen atoms in total. The van der Waals surface area contributed by atoms with E-state index in [0.717, 1.165) is 0 Å². The molecule has 0 aromatic heterocycles. The molecule has 5 unspecified atom stereocenters.